The van der Waals surface area contributed by atoms with Gasteiger partial charge in [0.25, 0.3) is 5.69 Å². The highest BCUT2D eigenvalue weighted by molar-refractivity contribution is 5.64. The first-order valence-electron chi connectivity index (χ1n) is 10.4. The van der Waals surface area contributed by atoms with Crippen molar-refractivity contribution in [3.8, 4) is 11.3 Å². The fourth-order valence-corrected chi connectivity index (χ4v) is 3.81. The second-order valence-corrected chi connectivity index (χ2v) is 7.55. The third kappa shape index (κ3) is 4.92. The molecule has 0 unspecified atom stereocenters. The first-order chi connectivity index (χ1) is 14.7. The summed E-state index contributed by atoms with van der Waals surface area (Å²) in [4.78, 5) is 20.3. The second kappa shape index (κ2) is 9.35. The fourth-order valence-electron chi connectivity index (χ4n) is 3.81. The number of aromatic nitrogens is 2. The lowest BCUT2D eigenvalue weighted by atomic mass is 9.96. The molecule has 4 rings (SSSR count). The van der Waals surface area contributed by atoms with E-state index >= 15 is 0 Å². The molecule has 0 amide bonds. The molecule has 0 saturated heterocycles. The summed E-state index contributed by atoms with van der Waals surface area (Å²) in [5.41, 5.74) is 2.53. The molecule has 1 aromatic heterocycles. The number of rotatable bonds is 7. The predicted octanol–water partition coefficient (Wildman–Crippen LogP) is 5.41. The Bertz CT molecular complexity index is 1000. The summed E-state index contributed by atoms with van der Waals surface area (Å²) >= 11 is 0. The quantitative estimate of drug-likeness (QED) is 0.405. The molecule has 2 aromatic carbocycles. The maximum absolute atomic E-state index is 11.3. The van der Waals surface area contributed by atoms with Crippen molar-refractivity contribution in [1.82, 2.24) is 9.97 Å². The molecule has 3 aromatic rings. The molecule has 0 atom stereocenters. The zero-order valence-electron chi connectivity index (χ0n) is 16.8. The molecular formula is C23H25N5O2. The Balaban J connectivity index is 1.59. The minimum absolute atomic E-state index is 0.0999. The number of hydrogen-bond acceptors (Lipinski definition) is 6. The molecule has 1 saturated carbocycles. The van der Waals surface area contributed by atoms with Crippen molar-refractivity contribution in [3.05, 3.63) is 76.3 Å². The van der Waals surface area contributed by atoms with Gasteiger partial charge in [-0.1, -0.05) is 67.8 Å². The first-order valence-corrected chi connectivity index (χ1v) is 10.4. The van der Waals surface area contributed by atoms with Crippen LogP contribution < -0.4 is 10.6 Å². The summed E-state index contributed by atoms with van der Waals surface area (Å²) in [5.74, 6) is 1.23. The van der Waals surface area contributed by atoms with Gasteiger partial charge in [0.05, 0.1) is 10.6 Å². The van der Waals surface area contributed by atoms with E-state index < -0.39 is 0 Å². The van der Waals surface area contributed by atoms with Gasteiger partial charge >= 0.3 is 0 Å². The SMILES string of the molecule is O=[N+]([O-])c1ccccc1CNc1cc(-c2ccccc2)nc(NC2CCCCC2)n1. The van der Waals surface area contributed by atoms with Gasteiger partial charge in [0, 0.05) is 35.8 Å². The van der Waals surface area contributed by atoms with Gasteiger partial charge in [-0.15, -0.1) is 0 Å². The molecule has 1 fully saturated rings. The molecule has 1 heterocycles. The Hall–Kier alpha value is -3.48. The van der Waals surface area contributed by atoms with Crippen LogP contribution in [0, 0.1) is 10.1 Å². The minimum atomic E-state index is -0.359. The highest BCUT2D eigenvalue weighted by Gasteiger charge is 2.16. The van der Waals surface area contributed by atoms with Crippen molar-refractivity contribution in [2.75, 3.05) is 10.6 Å². The molecular weight excluding hydrogens is 378 g/mol. The predicted molar refractivity (Wildman–Crippen MR) is 118 cm³/mol. The summed E-state index contributed by atoms with van der Waals surface area (Å²) in [6, 6.07) is 19.0. The van der Waals surface area contributed by atoms with E-state index in [-0.39, 0.29) is 10.6 Å². The van der Waals surface area contributed by atoms with Crippen LogP contribution in [-0.2, 0) is 6.54 Å². The molecule has 1 aliphatic carbocycles. The van der Waals surface area contributed by atoms with E-state index in [0.717, 1.165) is 24.1 Å². The zero-order chi connectivity index (χ0) is 20.8. The van der Waals surface area contributed by atoms with Crippen LogP contribution in [0.5, 0.6) is 0 Å². The highest BCUT2D eigenvalue weighted by Crippen LogP contribution is 2.25. The Morgan fingerprint density at radius 2 is 1.70 bits per heavy atom. The molecule has 2 N–H and O–H groups in total. The molecule has 1 aliphatic rings. The number of para-hydroxylation sites is 1. The Labute approximate surface area is 175 Å². The van der Waals surface area contributed by atoms with Crippen LogP contribution in [0.2, 0.25) is 0 Å². The molecule has 0 radical (unpaired) electrons. The Kier molecular flexibility index (Phi) is 6.17. The molecule has 0 bridgehead atoms. The van der Waals surface area contributed by atoms with E-state index in [2.05, 4.69) is 15.6 Å². The van der Waals surface area contributed by atoms with Gasteiger partial charge in [-0.2, -0.15) is 4.98 Å². The van der Waals surface area contributed by atoms with Gasteiger partial charge in [-0.05, 0) is 12.8 Å². The third-order valence-corrected chi connectivity index (χ3v) is 5.38. The van der Waals surface area contributed by atoms with E-state index in [9.17, 15) is 10.1 Å². The van der Waals surface area contributed by atoms with E-state index in [1.165, 1.54) is 25.3 Å². The van der Waals surface area contributed by atoms with Crippen LogP contribution >= 0.6 is 0 Å². The Morgan fingerprint density at radius 3 is 2.47 bits per heavy atom. The number of benzene rings is 2. The zero-order valence-corrected chi connectivity index (χ0v) is 16.8. The van der Waals surface area contributed by atoms with Crippen molar-refractivity contribution in [2.45, 2.75) is 44.7 Å². The average molecular weight is 403 g/mol. The van der Waals surface area contributed by atoms with Crippen molar-refractivity contribution in [3.63, 3.8) is 0 Å². The van der Waals surface area contributed by atoms with Crippen LogP contribution in [-0.4, -0.2) is 20.9 Å². The van der Waals surface area contributed by atoms with Gasteiger partial charge < -0.3 is 10.6 Å². The second-order valence-electron chi connectivity index (χ2n) is 7.55. The third-order valence-electron chi connectivity index (χ3n) is 5.38. The monoisotopic (exact) mass is 403 g/mol. The maximum Gasteiger partial charge on any atom is 0.274 e. The fraction of sp³-hybridized carbons (Fsp3) is 0.304. The van der Waals surface area contributed by atoms with Crippen LogP contribution in [0.15, 0.2) is 60.7 Å². The molecule has 154 valence electrons. The van der Waals surface area contributed by atoms with Crippen LogP contribution in [0.1, 0.15) is 37.7 Å². The van der Waals surface area contributed by atoms with Gasteiger partial charge in [0.15, 0.2) is 0 Å². The minimum Gasteiger partial charge on any atom is -0.366 e. The van der Waals surface area contributed by atoms with Gasteiger partial charge in [0.2, 0.25) is 5.95 Å². The van der Waals surface area contributed by atoms with Crippen molar-refractivity contribution < 1.29 is 4.92 Å². The lowest BCUT2D eigenvalue weighted by molar-refractivity contribution is -0.385. The van der Waals surface area contributed by atoms with E-state index in [4.69, 9.17) is 4.98 Å². The summed E-state index contributed by atoms with van der Waals surface area (Å²) in [6.45, 7) is 0.311. The van der Waals surface area contributed by atoms with E-state index in [1.807, 2.05) is 36.4 Å². The molecule has 7 heteroatoms. The van der Waals surface area contributed by atoms with E-state index in [0.29, 0.717) is 29.9 Å². The standard InChI is InChI=1S/C23H25N5O2/c29-28(30)21-14-8-7-11-18(21)16-24-22-15-20(17-9-3-1-4-10-17)26-23(27-22)25-19-12-5-2-6-13-19/h1,3-4,7-11,14-15,19H,2,5-6,12-13,16H2,(H2,24,25,26,27). The number of hydrogen-bond donors (Lipinski definition) is 2. The van der Waals surface area contributed by atoms with E-state index in [1.54, 1.807) is 18.2 Å². The van der Waals surface area contributed by atoms with Crippen molar-refractivity contribution in [1.29, 1.82) is 0 Å². The first kappa shape index (κ1) is 19.8. The number of nitrogens with zero attached hydrogens (tertiary/aromatic N) is 3. The maximum atomic E-state index is 11.3. The number of nitro benzene ring substituents is 1. The molecule has 0 spiro atoms. The lowest BCUT2D eigenvalue weighted by Gasteiger charge is -2.23. The Morgan fingerprint density at radius 1 is 0.967 bits per heavy atom. The van der Waals surface area contributed by atoms with Crippen molar-refractivity contribution in [2.24, 2.45) is 0 Å². The van der Waals surface area contributed by atoms with Crippen LogP contribution in [0.25, 0.3) is 11.3 Å². The number of anilines is 2. The lowest BCUT2D eigenvalue weighted by Crippen LogP contribution is -2.23. The number of nitro groups is 1. The largest absolute Gasteiger partial charge is 0.366 e. The highest BCUT2D eigenvalue weighted by atomic mass is 16.6. The molecule has 30 heavy (non-hydrogen) atoms. The van der Waals surface area contributed by atoms with Crippen molar-refractivity contribution >= 4 is 17.5 Å². The van der Waals surface area contributed by atoms with Gasteiger partial charge in [-0.25, -0.2) is 4.98 Å². The normalized spacial score (nSPS) is 14.3. The summed E-state index contributed by atoms with van der Waals surface area (Å²) < 4.78 is 0. The summed E-state index contributed by atoms with van der Waals surface area (Å²) in [6.07, 6.45) is 5.97. The number of nitrogens with one attached hydrogen (secondary N) is 2. The summed E-state index contributed by atoms with van der Waals surface area (Å²) in [7, 11) is 0. The molecule has 7 nitrogen and oxygen atoms in total. The van der Waals surface area contributed by atoms with Gasteiger partial charge in [0.1, 0.15) is 5.82 Å². The molecule has 0 aliphatic heterocycles. The summed E-state index contributed by atoms with van der Waals surface area (Å²) in [5, 5.41) is 18.0. The smallest absolute Gasteiger partial charge is 0.274 e. The van der Waals surface area contributed by atoms with Gasteiger partial charge in [-0.3, -0.25) is 10.1 Å². The van der Waals surface area contributed by atoms with Crippen LogP contribution in [0.3, 0.4) is 0 Å². The topological polar surface area (TPSA) is 93.0 Å². The van der Waals surface area contributed by atoms with Crippen LogP contribution in [0.4, 0.5) is 17.5 Å². The average Bonchev–Trinajstić information content (AvgIpc) is 2.79.